The molecule has 0 saturated heterocycles. The number of nitrogens with one attached hydrogen (secondary N) is 1. The first kappa shape index (κ1) is 21.6. The molecule has 2 aromatic carbocycles. The maximum Gasteiger partial charge on any atom is 0.338 e. The summed E-state index contributed by atoms with van der Waals surface area (Å²) in [4.78, 5) is 24.6. The first-order valence-corrected chi connectivity index (χ1v) is 10.5. The second-order valence-corrected chi connectivity index (χ2v) is 7.75. The molecular formula is C23H22ClN5O3. The molecule has 1 N–H and O–H groups in total. The lowest BCUT2D eigenvalue weighted by Crippen LogP contribution is -2.23. The number of hydrazone groups is 1. The minimum Gasteiger partial charge on any atom is -0.452 e. The van der Waals surface area contributed by atoms with Gasteiger partial charge < -0.3 is 10.1 Å². The van der Waals surface area contributed by atoms with E-state index >= 15 is 0 Å². The van der Waals surface area contributed by atoms with Crippen LogP contribution in [0.15, 0.2) is 65.9 Å². The Morgan fingerprint density at radius 2 is 1.91 bits per heavy atom. The fourth-order valence-corrected chi connectivity index (χ4v) is 3.47. The van der Waals surface area contributed by atoms with E-state index in [1.165, 1.54) is 0 Å². The van der Waals surface area contributed by atoms with Gasteiger partial charge in [-0.1, -0.05) is 29.8 Å². The van der Waals surface area contributed by atoms with Crippen LogP contribution in [-0.4, -0.2) is 40.5 Å². The first-order valence-electron chi connectivity index (χ1n) is 10.1. The van der Waals surface area contributed by atoms with Crippen LogP contribution in [0.2, 0.25) is 5.02 Å². The average molecular weight is 452 g/mol. The normalized spacial score (nSPS) is 13.1. The molecule has 0 saturated carbocycles. The molecule has 32 heavy (non-hydrogen) atoms. The average Bonchev–Trinajstić information content (AvgIpc) is 3.42. The number of halogens is 1. The van der Waals surface area contributed by atoms with E-state index in [0.29, 0.717) is 22.9 Å². The third kappa shape index (κ3) is 5.15. The van der Waals surface area contributed by atoms with Gasteiger partial charge in [0.05, 0.1) is 24.0 Å². The fraction of sp³-hybridized carbons (Fsp3) is 0.217. The maximum absolute atomic E-state index is 12.3. The molecule has 0 radical (unpaired) electrons. The lowest BCUT2D eigenvalue weighted by atomic mass is 10.2. The zero-order valence-electron chi connectivity index (χ0n) is 17.5. The molecule has 0 aliphatic carbocycles. The van der Waals surface area contributed by atoms with Crippen molar-refractivity contribution >= 4 is 40.7 Å². The van der Waals surface area contributed by atoms with Gasteiger partial charge in [-0.25, -0.2) is 9.48 Å². The lowest BCUT2D eigenvalue weighted by Gasteiger charge is -2.14. The number of carbonyl (C=O) groups excluding carboxylic acids is 2. The van der Waals surface area contributed by atoms with E-state index in [0.717, 1.165) is 29.9 Å². The maximum atomic E-state index is 12.3. The molecule has 164 valence electrons. The Kier molecular flexibility index (Phi) is 6.51. The van der Waals surface area contributed by atoms with Gasteiger partial charge in [-0.15, -0.1) is 0 Å². The number of anilines is 2. The van der Waals surface area contributed by atoms with Crippen molar-refractivity contribution in [1.82, 2.24) is 9.78 Å². The van der Waals surface area contributed by atoms with E-state index in [9.17, 15) is 9.59 Å². The summed E-state index contributed by atoms with van der Waals surface area (Å²) in [6.45, 7) is 2.80. The van der Waals surface area contributed by atoms with Gasteiger partial charge in [-0.05, 0) is 42.8 Å². The van der Waals surface area contributed by atoms with E-state index < -0.39 is 18.5 Å². The van der Waals surface area contributed by atoms with Crippen molar-refractivity contribution in [2.45, 2.75) is 19.9 Å². The summed E-state index contributed by atoms with van der Waals surface area (Å²) in [6, 6.07) is 16.0. The summed E-state index contributed by atoms with van der Waals surface area (Å²) >= 11 is 6.20. The van der Waals surface area contributed by atoms with Crippen molar-refractivity contribution in [3.63, 3.8) is 0 Å². The van der Waals surface area contributed by atoms with Gasteiger partial charge in [0.1, 0.15) is 5.82 Å². The zero-order chi connectivity index (χ0) is 22.5. The van der Waals surface area contributed by atoms with Crippen molar-refractivity contribution in [1.29, 1.82) is 0 Å². The van der Waals surface area contributed by atoms with Gasteiger partial charge >= 0.3 is 5.97 Å². The van der Waals surface area contributed by atoms with Crippen LogP contribution in [0.5, 0.6) is 0 Å². The number of hydrogen-bond donors (Lipinski definition) is 1. The highest BCUT2D eigenvalue weighted by molar-refractivity contribution is 6.31. The largest absolute Gasteiger partial charge is 0.452 e. The molecule has 0 bridgehead atoms. The minimum atomic E-state index is -0.572. The number of rotatable bonds is 7. The summed E-state index contributed by atoms with van der Waals surface area (Å²) < 4.78 is 6.77. The van der Waals surface area contributed by atoms with E-state index in [1.807, 2.05) is 42.3 Å². The monoisotopic (exact) mass is 451 g/mol. The molecule has 0 unspecified atom stereocenters. The van der Waals surface area contributed by atoms with Crippen LogP contribution in [0.4, 0.5) is 11.5 Å². The van der Waals surface area contributed by atoms with Crippen LogP contribution in [0.3, 0.4) is 0 Å². The van der Waals surface area contributed by atoms with Gasteiger partial charge in [0, 0.05) is 29.8 Å². The Morgan fingerprint density at radius 3 is 2.62 bits per heavy atom. The van der Waals surface area contributed by atoms with Crippen LogP contribution in [0.1, 0.15) is 29.3 Å². The Morgan fingerprint density at radius 1 is 1.12 bits per heavy atom. The van der Waals surface area contributed by atoms with Crippen LogP contribution in [0.25, 0.3) is 0 Å². The fourth-order valence-electron chi connectivity index (χ4n) is 3.28. The van der Waals surface area contributed by atoms with Crippen molar-refractivity contribution in [3.05, 3.63) is 76.9 Å². The molecule has 2 heterocycles. The summed E-state index contributed by atoms with van der Waals surface area (Å²) in [5, 5.41) is 13.9. The predicted octanol–water partition coefficient (Wildman–Crippen LogP) is 3.97. The summed E-state index contributed by atoms with van der Waals surface area (Å²) in [5.74, 6) is -0.549. The minimum absolute atomic E-state index is 0.366. The van der Waals surface area contributed by atoms with Gasteiger partial charge in [-0.2, -0.15) is 10.2 Å². The van der Waals surface area contributed by atoms with Crippen LogP contribution in [-0.2, 0) is 16.1 Å². The summed E-state index contributed by atoms with van der Waals surface area (Å²) in [6.07, 6.45) is 2.50. The second-order valence-electron chi connectivity index (χ2n) is 7.35. The molecule has 3 aromatic rings. The van der Waals surface area contributed by atoms with Gasteiger partial charge in [0.25, 0.3) is 5.91 Å². The number of aromatic nitrogens is 2. The van der Waals surface area contributed by atoms with Crippen LogP contribution < -0.4 is 10.3 Å². The van der Waals surface area contributed by atoms with Crippen LogP contribution in [0, 0.1) is 0 Å². The highest BCUT2D eigenvalue weighted by Crippen LogP contribution is 2.20. The smallest absolute Gasteiger partial charge is 0.338 e. The van der Waals surface area contributed by atoms with Gasteiger partial charge in [0.15, 0.2) is 6.61 Å². The van der Waals surface area contributed by atoms with E-state index in [-0.39, 0.29) is 0 Å². The number of benzene rings is 2. The third-order valence-electron chi connectivity index (χ3n) is 4.97. The zero-order valence-corrected chi connectivity index (χ0v) is 18.2. The van der Waals surface area contributed by atoms with Crippen molar-refractivity contribution in [2.24, 2.45) is 5.10 Å². The van der Waals surface area contributed by atoms with E-state index in [2.05, 4.69) is 15.5 Å². The number of amides is 1. The van der Waals surface area contributed by atoms with Crippen LogP contribution >= 0.6 is 11.6 Å². The van der Waals surface area contributed by atoms with Gasteiger partial charge in [0.2, 0.25) is 0 Å². The molecule has 4 rings (SSSR count). The Balaban J connectivity index is 1.30. The number of esters is 1. The molecule has 0 spiro atoms. The molecule has 9 heteroatoms. The molecule has 0 atom stereocenters. The summed E-state index contributed by atoms with van der Waals surface area (Å²) in [5.41, 5.74) is 3.22. The number of ether oxygens (including phenoxy) is 1. The van der Waals surface area contributed by atoms with Crippen molar-refractivity contribution in [2.75, 3.05) is 23.5 Å². The SMILES string of the molecule is CC1=NN(c2ccc(C(=O)OCC(=O)Nc3ccnn3Cc3ccccc3Cl)cc2)CC1. The molecule has 1 aliphatic heterocycles. The number of carbonyl (C=O) groups is 2. The Hall–Kier alpha value is -3.65. The number of hydrogen-bond acceptors (Lipinski definition) is 6. The first-order chi connectivity index (χ1) is 15.5. The van der Waals surface area contributed by atoms with Crippen molar-refractivity contribution < 1.29 is 14.3 Å². The summed E-state index contributed by atoms with van der Waals surface area (Å²) in [7, 11) is 0. The highest BCUT2D eigenvalue weighted by atomic mass is 35.5. The Labute approximate surface area is 190 Å². The molecule has 1 aromatic heterocycles. The highest BCUT2D eigenvalue weighted by Gasteiger charge is 2.15. The van der Waals surface area contributed by atoms with Gasteiger partial charge in [-0.3, -0.25) is 9.80 Å². The van der Waals surface area contributed by atoms with Crippen molar-refractivity contribution in [3.8, 4) is 0 Å². The third-order valence-corrected chi connectivity index (χ3v) is 5.34. The molecule has 0 fully saturated rings. The molecule has 1 amide bonds. The molecule has 1 aliphatic rings. The van der Waals surface area contributed by atoms with E-state index in [1.54, 1.807) is 35.1 Å². The quantitative estimate of drug-likeness (QED) is 0.549. The Bertz CT molecular complexity index is 1160. The predicted molar refractivity (Wildman–Crippen MR) is 123 cm³/mol. The lowest BCUT2D eigenvalue weighted by molar-refractivity contribution is -0.119. The number of nitrogens with zero attached hydrogens (tertiary/aromatic N) is 4. The second kappa shape index (κ2) is 9.65. The standard InChI is InChI=1S/C23H22ClN5O3/c1-16-11-13-28(27-16)19-8-6-17(7-9-19)23(31)32-15-22(30)26-21-10-12-25-29(21)14-18-4-2-3-5-20(18)24/h2-10,12H,11,13-15H2,1H3,(H,26,30). The topological polar surface area (TPSA) is 88.8 Å². The molecule has 8 nitrogen and oxygen atoms in total. The molecular weight excluding hydrogens is 430 g/mol. The van der Waals surface area contributed by atoms with E-state index in [4.69, 9.17) is 16.3 Å².